The van der Waals surface area contributed by atoms with Crippen molar-refractivity contribution < 1.29 is 8.42 Å². The lowest BCUT2D eigenvalue weighted by molar-refractivity contribution is 0.331. The van der Waals surface area contributed by atoms with Crippen molar-refractivity contribution in [2.24, 2.45) is 5.41 Å². The van der Waals surface area contributed by atoms with Crippen molar-refractivity contribution in [2.75, 3.05) is 29.6 Å². The molecule has 2 aliphatic carbocycles. The van der Waals surface area contributed by atoms with Gasteiger partial charge in [-0.3, -0.25) is 0 Å². The maximum absolute atomic E-state index is 11.7. The lowest BCUT2D eigenvalue weighted by Crippen LogP contribution is -2.42. The lowest BCUT2D eigenvalue weighted by atomic mass is 9.96. The molecule has 3 heterocycles. The number of fused-ring (bicyclic) bond motifs is 1. The van der Waals surface area contributed by atoms with E-state index in [0.29, 0.717) is 30.5 Å². The summed E-state index contributed by atoms with van der Waals surface area (Å²) in [5.74, 6) is 1.58. The number of nitrogens with zero attached hydrogens (tertiary/aromatic N) is 4. The van der Waals surface area contributed by atoms with E-state index in [1.165, 1.54) is 38.4 Å². The van der Waals surface area contributed by atoms with Crippen molar-refractivity contribution in [1.82, 2.24) is 14.3 Å². The number of piperidine rings is 1. The molecule has 0 bridgehead atoms. The molecule has 0 unspecified atom stereocenters. The average molecular weight is 416 g/mol. The van der Waals surface area contributed by atoms with Gasteiger partial charge in [-0.05, 0) is 56.1 Å². The Bertz CT molecular complexity index is 961. The molecule has 1 aromatic heterocycles. The second kappa shape index (κ2) is 6.80. The molecule has 2 aliphatic heterocycles. The number of sulfonamides is 1. The molecule has 1 atom stereocenters. The first kappa shape index (κ1) is 19.1. The van der Waals surface area contributed by atoms with Crippen LogP contribution in [0.15, 0.2) is 24.5 Å². The predicted molar refractivity (Wildman–Crippen MR) is 115 cm³/mol. The van der Waals surface area contributed by atoms with E-state index in [2.05, 4.69) is 33.9 Å². The van der Waals surface area contributed by atoms with Gasteiger partial charge in [0.2, 0.25) is 16.0 Å². The number of nitrogens with one attached hydrogen (secondary N) is 1. The second-order valence-corrected chi connectivity index (χ2v) is 11.0. The Kier molecular flexibility index (Phi) is 4.47. The van der Waals surface area contributed by atoms with Crippen molar-refractivity contribution in [3.8, 4) is 0 Å². The molecule has 1 saturated heterocycles. The standard InChI is InChI=1S/C21H29N5O2S/c1-15-5-6-16-14-22-20(23-17-7-12-25(13-8-17)29(2,27)28)24-19(16)26(15)18-4-3-9-21(18)10-11-21/h5-6,14,17-18H,1,3-4,7-13H2,2H3,(H,22,23,24)/t18-/m0/s1. The summed E-state index contributed by atoms with van der Waals surface area (Å²) in [5, 5.41) is 3.44. The molecule has 8 heteroatoms. The van der Waals surface area contributed by atoms with Crippen LogP contribution in [-0.2, 0) is 10.0 Å². The van der Waals surface area contributed by atoms with Gasteiger partial charge in [-0.25, -0.2) is 17.7 Å². The van der Waals surface area contributed by atoms with Crippen LogP contribution < -0.4 is 10.2 Å². The first-order chi connectivity index (χ1) is 13.9. The fourth-order valence-corrected chi connectivity index (χ4v) is 6.17. The smallest absolute Gasteiger partial charge is 0.224 e. The molecule has 5 rings (SSSR count). The molecule has 2 saturated carbocycles. The summed E-state index contributed by atoms with van der Waals surface area (Å²) in [6.45, 7) is 5.38. The van der Waals surface area contributed by atoms with Crippen LogP contribution >= 0.6 is 0 Å². The molecule has 0 radical (unpaired) electrons. The second-order valence-electron chi connectivity index (χ2n) is 9.02. The largest absolute Gasteiger partial charge is 0.351 e. The van der Waals surface area contributed by atoms with Crippen LogP contribution in [0.2, 0.25) is 0 Å². The van der Waals surface area contributed by atoms with E-state index in [-0.39, 0.29) is 6.04 Å². The molecule has 4 aliphatic rings. The zero-order valence-electron chi connectivity index (χ0n) is 17.0. The monoisotopic (exact) mass is 415 g/mol. The third-order valence-electron chi connectivity index (χ3n) is 7.11. The number of rotatable bonds is 4. The van der Waals surface area contributed by atoms with Crippen molar-refractivity contribution in [3.05, 3.63) is 30.1 Å². The van der Waals surface area contributed by atoms with Crippen molar-refractivity contribution in [1.29, 1.82) is 0 Å². The highest BCUT2D eigenvalue weighted by Gasteiger charge is 2.55. The summed E-state index contributed by atoms with van der Waals surface area (Å²) in [6, 6.07) is 0.669. The fraction of sp³-hybridized carbons (Fsp3) is 0.619. The lowest BCUT2D eigenvalue weighted by Gasteiger charge is -2.37. The quantitative estimate of drug-likeness (QED) is 0.815. The summed E-state index contributed by atoms with van der Waals surface area (Å²) in [7, 11) is -3.11. The Hall–Kier alpha value is -1.93. The van der Waals surface area contributed by atoms with E-state index in [9.17, 15) is 8.42 Å². The van der Waals surface area contributed by atoms with Gasteiger partial charge < -0.3 is 10.2 Å². The van der Waals surface area contributed by atoms with Gasteiger partial charge in [-0.1, -0.05) is 13.0 Å². The van der Waals surface area contributed by atoms with Crippen LogP contribution in [0.1, 0.15) is 50.5 Å². The molecular weight excluding hydrogens is 386 g/mol. The topological polar surface area (TPSA) is 78.4 Å². The summed E-state index contributed by atoms with van der Waals surface area (Å²) >= 11 is 0. The first-order valence-electron chi connectivity index (χ1n) is 10.6. The van der Waals surface area contributed by atoms with Crippen molar-refractivity contribution >= 4 is 27.9 Å². The van der Waals surface area contributed by atoms with Crippen molar-refractivity contribution in [3.63, 3.8) is 0 Å². The Labute approximate surface area is 173 Å². The van der Waals surface area contributed by atoms with Gasteiger partial charge in [-0.15, -0.1) is 0 Å². The van der Waals surface area contributed by atoms with Gasteiger partial charge in [0.1, 0.15) is 5.82 Å². The summed E-state index contributed by atoms with van der Waals surface area (Å²) in [6.07, 6.45) is 15.2. The molecule has 0 aromatic carbocycles. The van der Waals surface area contributed by atoms with Gasteiger partial charge in [0.15, 0.2) is 0 Å². The molecule has 29 heavy (non-hydrogen) atoms. The highest BCUT2D eigenvalue weighted by atomic mass is 32.2. The van der Waals surface area contributed by atoms with Crippen LogP contribution in [-0.4, -0.2) is 54.1 Å². The molecule has 0 amide bonds. The SMILES string of the molecule is C=C1C=Cc2cnc(NC3CCN(S(C)(=O)=O)CC3)nc2N1[C@H]1CCCC12CC2. The van der Waals surface area contributed by atoms with Gasteiger partial charge in [0.25, 0.3) is 0 Å². The van der Waals surface area contributed by atoms with Crippen molar-refractivity contribution in [2.45, 2.75) is 57.0 Å². The van der Waals surface area contributed by atoms with Gasteiger partial charge in [0.05, 0.1) is 6.26 Å². The summed E-state index contributed by atoms with van der Waals surface area (Å²) in [4.78, 5) is 11.8. The number of allylic oxidation sites excluding steroid dienone is 1. The number of anilines is 2. The molecule has 156 valence electrons. The highest BCUT2D eigenvalue weighted by Crippen LogP contribution is 2.60. The van der Waals surface area contributed by atoms with Crippen LogP contribution in [0.5, 0.6) is 0 Å². The molecule has 1 spiro atoms. The van der Waals surface area contributed by atoms with E-state index in [0.717, 1.165) is 29.9 Å². The fourth-order valence-electron chi connectivity index (χ4n) is 5.29. The number of aromatic nitrogens is 2. The Morgan fingerprint density at radius 3 is 2.62 bits per heavy atom. The Morgan fingerprint density at radius 2 is 1.93 bits per heavy atom. The molecule has 1 N–H and O–H groups in total. The van der Waals surface area contributed by atoms with Crippen LogP contribution in [0.4, 0.5) is 11.8 Å². The number of hydrogen-bond acceptors (Lipinski definition) is 6. The van der Waals surface area contributed by atoms with E-state index in [4.69, 9.17) is 4.98 Å². The molecule has 1 aromatic rings. The molecule has 3 fully saturated rings. The van der Waals surface area contributed by atoms with E-state index >= 15 is 0 Å². The van der Waals surface area contributed by atoms with E-state index in [1.807, 2.05) is 6.20 Å². The third kappa shape index (κ3) is 3.46. The van der Waals surface area contributed by atoms with Gasteiger partial charge >= 0.3 is 0 Å². The zero-order valence-corrected chi connectivity index (χ0v) is 17.8. The summed E-state index contributed by atoms with van der Waals surface area (Å²) < 4.78 is 25.0. The predicted octanol–water partition coefficient (Wildman–Crippen LogP) is 2.99. The highest BCUT2D eigenvalue weighted by molar-refractivity contribution is 7.88. The van der Waals surface area contributed by atoms with Crippen LogP contribution in [0.25, 0.3) is 6.08 Å². The minimum atomic E-state index is -3.11. The first-order valence-corrected chi connectivity index (χ1v) is 12.5. The van der Waals surface area contributed by atoms with Gasteiger partial charge in [0, 0.05) is 42.6 Å². The maximum Gasteiger partial charge on any atom is 0.224 e. The van der Waals surface area contributed by atoms with E-state index in [1.54, 1.807) is 4.31 Å². The average Bonchev–Trinajstić information content (AvgIpc) is 3.35. The Morgan fingerprint density at radius 1 is 1.17 bits per heavy atom. The van der Waals surface area contributed by atoms with Gasteiger partial charge in [-0.2, -0.15) is 4.98 Å². The van der Waals surface area contributed by atoms with Crippen LogP contribution in [0, 0.1) is 5.41 Å². The Balaban J connectivity index is 1.35. The molecular formula is C21H29N5O2S. The normalized spacial score (nSPS) is 26.7. The zero-order chi connectivity index (χ0) is 20.2. The van der Waals surface area contributed by atoms with Crippen LogP contribution in [0.3, 0.4) is 0 Å². The minimum absolute atomic E-state index is 0.183. The van der Waals surface area contributed by atoms with E-state index < -0.39 is 10.0 Å². The summed E-state index contributed by atoms with van der Waals surface area (Å²) in [5.41, 5.74) is 2.52. The number of hydrogen-bond donors (Lipinski definition) is 1. The third-order valence-corrected chi connectivity index (χ3v) is 8.41. The molecule has 7 nitrogen and oxygen atoms in total. The minimum Gasteiger partial charge on any atom is -0.351 e. The maximum atomic E-state index is 11.7.